The van der Waals surface area contributed by atoms with E-state index in [9.17, 15) is 0 Å². The second-order valence-electron chi connectivity index (χ2n) is 8.37. The first-order valence-electron chi connectivity index (χ1n) is 10.9. The summed E-state index contributed by atoms with van der Waals surface area (Å²) in [6.07, 6.45) is 4.24. The summed E-state index contributed by atoms with van der Waals surface area (Å²) in [5.74, 6) is 1.29. The van der Waals surface area contributed by atoms with E-state index >= 15 is 0 Å². The number of pyridine rings is 1. The van der Waals surface area contributed by atoms with Crippen LogP contribution in [0, 0.1) is 6.92 Å². The van der Waals surface area contributed by atoms with Crippen molar-refractivity contribution in [1.29, 1.82) is 0 Å². The van der Waals surface area contributed by atoms with Crippen molar-refractivity contribution in [2.45, 2.75) is 38.5 Å². The Hall–Kier alpha value is -3.60. The van der Waals surface area contributed by atoms with E-state index in [1.807, 2.05) is 48.0 Å². The standard InChI is InChI=1S/C26H24N4O/c1-16-21-22(17-10-4-2-5-11-17)23-24(27)19-14-8-9-15-20(19)28-25(23)31-26(21)30(29-16)18-12-6-3-7-13-18/h2-7,10-13,22H,8-9,14-15H2,1H3,(H2,27,28). The Kier molecular flexibility index (Phi) is 4.10. The van der Waals surface area contributed by atoms with Gasteiger partial charge in [-0.3, -0.25) is 0 Å². The molecule has 1 atom stereocenters. The number of anilines is 1. The number of hydrogen-bond acceptors (Lipinski definition) is 4. The molecule has 5 nitrogen and oxygen atoms in total. The fourth-order valence-electron chi connectivity index (χ4n) is 5.03. The quantitative estimate of drug-likeness (QED) is 0.429. The zero-order valence-corrected chi connectivity index (χ0v) is 17.5. The molecule has 1 aliphatic carbocycles. The molecule has 2 aromatic heterocycles. The lowest BCUT2D eigenvalue weighted by Crippen LogP contribution is -2.20. The van der Waals surface area contributed by atoms with E-state index < -0.39 is 0 Å². The number of aromatic nitrogens is 3. The molecular formula is C26H24N4O. The molecule has 5 heteroatoms. The molecule has 2 N–H and O–H groups in total. The van der Waals surface area contributed by atoms with E-state index in [0.717, 1.165) is 65.5 Å². The van der Waals surface area contributed by atoms with Crippen molar-refractivity contribution in [2.24, 2.45) is 0 Å². The van der Waals surface area contributed by atoms with Gasteiger partial charge in [0.15, 0.2) is 0 Å². The van der Waals surface area contributed by atoms with Crippen molar-refractivity contribution >= 4 is 5.69 Å². The maximum Gasteiger partial charge on any atom is 0.229 e. The lowest BCUT2D eigenvalue weighted by atomic mass is 9.81. The van der Waals surface area contributed by atoms with Gasteiger partial charge in [0.25, 0.3) is 0 Å². The second kappa shape index (κ2) is 6.98. The van der Waals surface area contributed by atoms with Crippen LogP contribution in [0.2, 0.25) is 0 Å². The van der Waals surface area contributed by atoms with Crippen LogP contribution in [0.5, 0.6) is 11.8 Å². The number of benzene rings is 2. The minimum Gasteiger partial charge on any atom is -0.420 e. The highest BCUT2D eigenvalue weighted by atomic mass is 16.5. The van der Waals surface area contributed by atoms with Gasteiger partial charge >= 0.3 is 0 Å². The van der Waals surface area contributed by atoms with E-state index in [1.54, 1.807) is 0 Å². The Morgan fingerprint density at radius 1 is 0.935 bits per heavy atom. The Balaban J connectivity index is 1.64. The van der Waals surface area contributed by atoms with Crippen LogP contribution in [-0.2, 0) is 12.8 Å². The topological polar surface area (TPSA) is 66.0 Å². The summed E-state index contributed by atoms with van der Waals surface area (Å²) in [6.45, 7) is 2.05. The van der Waals surface area contributed by atoms with E-state index in [4.69, 9.17) is 20.6 Å². The molecule has 2 aromatic carbocycles. The van der Waals surface area contributed by atoms with Gasteiger partial charge in [-0.1, -0.05) is 48.5 Å². The lowest BCUT2D eigenvalue weighted by Gasteiger charge is -2.30. The molecule has 0 bridgehead atoms. The number of ether oxygens (including phenoxy) is 1. The molecule has 0 saturated carbocycles. The van der Waals surface area contributed by atoms with Crippen LogP contribution < -0.4 is 10.5 Å². The van der Waals surface area contributed by atoms with Crippen LogP contribution in [-0.4, -0.2) is 14.8 Å². The molecule has 31 heavy (non-hydrogen) atoms. The molecule has 1 aliphatic heterocycles. The van der Waals surface area contributed by atoms with Crippen molar-refractivity contribution < 1.29 is 4.74 Å². The average molecular weight is 409 g/mol. The van der Waals surface area contributed by atoms with Gasteiger partial charge in [0.1, 0.15) is 0 Å². The van der Waals surface area contributed by atoms with Gasteiger partial charge in [-0.15, -0.1) is 0 Å². The zero-order valence-electron chi connectivity index (χ0n) is 17.5. The van der Waals surface area contributed by atoms with Gasteiger partial charge < -0.3 is 10.5 Å². The summed E-state index contributed by atoms with van der Waals surface area (Å²) in [5, 5.41) is 4.87. The summed E-state index contributed by atoms with van der Waals surface area (Å²) in [5.41, 5.74) is 15.1. The molecule has 4 aromatic rings. The Bertz CT molecular complexity index is 1280. The highest BCUT2D eigenvalue weighted by Crippen LogP contribution is 2.52. The van der Waals surface area contributed by atoms with Crippen molar-refractivity contribution in [3.05, 3.63) is 94.3 Å². The normalized spacial score (nSPS) is 16.7. The highest BCUT2D eigenvalue weighted by molar-refractivity contribution is 5.69. The molecule has 0 amide bonds. The SMILES string of the molecule is Cc1nn(-c2ccccc2)c2c1C(c1ccccc1)c1c(nc3c(c1N)CCCC3)O2. The van der Waals surface area contributed by atoms with Crippen LogP contribution in [0.15, 0.2) is 60.7 Å². The van der Waals surface area contributed by atoms with Crippen LogP contribution in [0.4, 0.5) is 5.69 Å². The molecule has 0 spiro atoms. The van der Waals surface area contributed by atoms with Crippen LogP contribution in [0.25, 0.3) is 5.69 Å². The minimum atomic E-state index is -0.0582. The summed E-state index contributed by atoms with van der Waals surface area (Å²) in [6, 6.07) is 20.6. The molecule has 2 aliphatic rings. The molecule has 1 unspecified atom stereocenters. The maximum atomic E-state index is 6.83. The number of hydrogen-bond donors (Lipinski definition) is 1. The predicted molar refractivity (Wildman–Crippen MR) is 121 cm³/mol. The first-order chi connectivity index (χ1) is 15.2. The average Bonchev–Trinajstić information content (AvgIpc) is 3.15. The monoisotopic (exact) mass is 408 g/mol. The van der Waals surface area contributed by atoms with Gasteiger partial charge in [0, 0.05) is 22.9 Å². The van der Waals surface area contributed by atoms with E-state index in [1.165, 1.54) is 11.1 Å². The predicted octanol–water partition coefficient (Wildman–Crippen LogP) is 5.32. The molecule has 0 fully saturated rings. The number of nitrogens with zero attached hydrogens (tertiary/aromatic N) is 3. The molecular weight excluding hydrogens is 384 g/mol. The van der Waals surface area contributed by atoms with Crippen molar-refractivity contribution in [1.82, 2.24) is 14.8 Å². The number of aryl methyl sites for hydroxylation is 2. The molecule has 0 radical (unpaired) electrons. The number of fused-ring (bicyclic) bond motifs is 3. The van der Waals surface area contributed by atoms with Crippen molar-refractivity contribution in [3.63, 3.8) is 0 Å². The maximum absolute atomic E-state index is 6.83. The third kappa shape index (κ3) is 2.76. The molecule has 0 saturated heterocycles. The number of para-hydroxylation sites is 1. The fraction of sp³-hybridized carbons (Fsp3) is 0.231. The van der Waals surface area contributed by atoms with Gasteiger partial charge in [-0.2, -0.15) is 5.10 Å². The van der Waals surface area contributed by atoms with E-state index in [0.29, 0.717) is 5.88 Å². The van der Waals surface area contributed by atoms with E-state index in [2.05, 4.69) is 24.3 Å². The second-order valence-corrected chi connectivity index (χ2v) is 8.37. The summed E-state index contributed by atoms with van der Waals surface area (Å²) in [4.78, 5) is 4.99. The largest absolute Gasteiger partial charge is 0.420 e. The van der Waals surface area contributed by atoms with Gasteiger partial charge in [0.05, 0.1) is 16.9 Å². The van der Waals surface area contributed by atoms with Gasteiger partial charge in [-0.25, -0.2) is 9.67 Å². The first-order valence-corrected chi connectivity index (χ1v) is 10.9. The third-order valence-electron chi connectivity index (χ3n) is 6.49. The highest BCUT2D eigenvalue weighted by Gasteiger charge is 2.38. The Morgan fingerprint density at radius 2 is 1.65 bits per heavy atom. The summed E-state index contributed by atoms with van der Waals surface area (Å²) >= 11 is 0. The van der Waals surface area contributed by atoms with Gasteiger partial charge in [0.2, 0.25) is 11.8 Å². The molecule has 3 heterocycles. The Morgan fingerprint density at radius 3 is 2.42 bits per heavy atom. The first kappa shape index (κ1) is 18.2. The number of rotatable bonds is 2. The molecule has 6 rings (SSSR count). The molecule has 154 valence electrons. The van der Waals surface area contributed by atoms with Crippen molar-refractivity contribution in [2.75, 3.05) is 5.73 Å². The summed E-state index contributed by atoms with van der Waals surface area (Å²) in [7, 11) is 0. The zero-order chi connectivity index (χ0) is 20.9. The number of nitrogens with two attached hydrogens (primary N) is 1. The van der Waals surface area contributed by atoms with Crippen molar-refractivity contribution in [3.8, 4) is 17.4 Å². The third-order valence-corrected chi connectivity index (χ3v) is 6.49. The van der Waals surface area contributed by atoms with E-state index in [-0.39, 0.29) is 5.92 Å². The number of nitrogen functional groups attached to an aromatic ring is 1. The Labute approximate surface area is 181 Å². The minimum absolute atomic E-state index is 0.0582. The van der Waals surface area contributed by atoms with Crippen LogP contribution in [0.3, 0.4) is 0 Å². The van der Waals surface area contributed by atoms with Gasteiger partial charge in [-0.05, 0) is 55.9 Å². The summed E-state index contributed by atoms with van der Waals surface area (Å²) < 4.78 is 8.38. The van der Waals surface area contributed by atoms with Crippen LogP contribution >= 0.6 is 0 Å². The fourth-order valence-corrected chi connectivity index (χ4v) is 5.03. The lowest BCUT2D eigenvalue weighted by molar-refractivity contribution is 0.401. The van der Waals surface area contributed by atoms with Crippen LogP contribution in [0.1, 0.15) is 52.4 Å². The smallest absolute Gasteiger partial charge is 0.229 e.